The van der Waals surface area contributed by atoms with Gasteiger partial charge in [-0.3, -0.25) is 0 Å². The van der Waals surface area contributed by atoms with Gasteiger partial charge in [-0.15, -0.1) is 0 Å². The molecule has 0 radical (unpaired) electrons. The van der Waals surface area contributed by atoms with Crippen LogP contribution in [0.3, 0.4) is 0 Å². The normalized spacial score (nSPS) is 19.8. The maximum Gasteiger partial charge on any atom is 0.144 e. The van der Waals surface area contributed by atoms with Crippen molar-refractivity contribution in [2.75, 3.05) is 13.2 Å². The Morgan fingerprint density at radius 1 is 1.28 bits per heavy atom. The van der Waals surface area contributed by atoms with Crippen LogP contribution in [0.5, 0.6) is 0 Å². The van der Waals surface area contributed by atoms with Gasteiger partial charge < -0.3 is 15.7 Å². The molecule has 0 atom stereocenters. The van der Waals surface area contributed by atoms with E-state index in [1.165, 1.54) is 38.5 Å². The van der Waals surface area contributed by atoms with Gasteiger partial charge in [-0.2, -0.15) is 0 Å². The van der Waals surface area contributed by atoms with Crippen molar-refractivity contribution >= 4 is 5.84 Å². The lowest BCUT2D eigenvalue weighted by Crippen LogP contribution is -2.33. The molecular weight excluding hydrogens is 228 g/mol. The van der Waals surface area contributed by atoms with Crippen LogP contribution >= 0.6 is 0 Å². The number of oxime groups is 1. The molecule has 1 aliphatic carbocycles. The van der Waals surface area contributed by atoms with Gasteiger partial charge in [-0.05, 0) is 25.2 Å². The summed E-state index contributed by atoms with van der Waals surface area (Å²) in [6.45, 7) is 5.49. The van der Waals surface area contributed by atoms with Crippen molar-refractivity contribution in [3.8, 4) is 0 Å². The fourth-order valence-electron chi connectivity index (χ4n) is 2.37. The zero-order chi connectivity index (χ0) is 13.4. The highest BCUT2D eigenvalue weighted by Crippen LogP contribution is 2.24. The van der Waals surface area contributed by atoms with Gasteiger partial charge in [0.25, 0.3) is 0 Å². The lowest BCUT2D eigenvalue weighted by molar-refractivity contribution is 0.0806. The van der Waals surface area contributed by atoms with E-state index < -0.39 is 0 Å². The molecule has 0 aliphatic heterocycles. The molecule has 0 spiro atoms. The average molecular weight is 256 g/mol. The van der Waals surface area contributed by atoms with E-state index in [0.29, 0.717) is 6.61 Å². The van der Waals surface area contributed by atoms with Crippen LogP contribution in [0.1, 0.15) is 58.8 Å². The lowest BCUT2D eigenvalue weighted by Gasteiger charge is -2.23. The zero-order valence-electron chi connectivity index (χ0n) is 11.8. The van der Waals surface area contributed by atoms with Gasteiger partial charge in [0.1, 0.15) is 5.84 Å². The van der Waals surface area contributed by atoms with Gasteiger partial charge >= 0.3 is 0 Å². The van der Waals surface area contributed by atoms with Gasteiger partial charge in [-0.25, -0.2) is 0 Å². The Bertz CT molecular complexity index is 257. The van der Waals surface area contributed by atoms with E-state index in [4.69, 9.17) is 15.7 Å². The summed E-state index contributed by atoms with van der Waals surface area (Å²) in [6, 6.07) is 0. The van der Waals surface area contributed by atoms with Crippen LogP contribution in [0.4, 0.5) is 0 Å². The minimum atomic E-state index is -0.293. The minimum Gasteiger partial charge on any atom is -0.409 e. The van der Waals surface area contributed by atoms with Crippen molar-refractivity contribution in [1.82, 2.24) is 0 Å². The number of hydrogen-bond acceptors (Lipinski definition) is 3. The predicted molar refractivity (Wildman–Crippen MR) is 73.8 cm³/mol. The maximum absolute atomic E-state index is 8.68. The molecular formula is C14H28N2O2. The Morgan fingerprint density at radius 2 is 1.89 bits per heavy atom. The summed E-state index contributed by atoms with van der Waals surface area (Å²) in [7, 11) is 0. The fraction of sp³-hybridized carbons (Fsp3) is 0.929. The Balaban J connectivity index is 2.17. The molecule has 106 valence electrons. The topological polar surface area (TPSA) is 67.8 Å². The van der Waals surface area contributed by atoms with Crippen molar-refractivity contribution in [3.63, 3.8) is 0 Å². The zero-order valence-corrected chi connectivity index (χ0v) is 11.8. The number of rotatable bonds is 6. The summed E-state index contributed by atoms with van der Waals surface area (Å²) < 4.78 is 5.77. The van der Waals surface area contributed by atoms with E-state index in [-0.39, 0.29) is 11.3 Å². The molecule has 18 heavy (non-hydrogen) atoms. The Kier molecular flexibility index (Phi) is 6.47. The number of amidine groups is 1. The molecule has 0 unspecified atom stereocenters. The van der Waals surface area contributed by atoms with Crippen molar-refractivity contribution in [2.24, 2.45) is 22.2 Å². The molecule has 0 saturated heterocycles. The molecule has 0 amide bonds. The summed E-state index contributed by atoms with van der Waals surface area (Å²) in [5, 5.41) is 11.8. The molecule has 1 aliphatic rings. The van der Waals surface area contributed by atoms with Crippen LogP contribution in [0.15, 0.2) is 5.16 Å². The summed E-state index contributed by atoms with van der Waals surface area (Å²) in [5.74, 6) is 1.01. The number of nitrogens with two attached hydrogens (primary N) is 1. The minimum absolute atomic E-state index is 0.278. The van der Waals surface area contributed by atoms with Gasteiger partial charge in [-0.1, -0.05) is 44.7 Å². The van der Waals surface area contributed by atoms with Crippen molar-refractivity contribution in [3.05, 3.63) is 0 Å². The third-order valence-corrected chi connectivity index (χ3v) is 4.00. The SMILES string of the molecule is CC(C)(CCOCC1CCCCCC1)C(N)=NO. The van der Waals surface area contributed by atoms with Crippen LogP contribution in [0.2, 0.25) is 0 Å². The van der Waals surface area contributed by atoms with Gasteiger partial charge in [0.2, 0.25) is 0 Å². The number of hydrogen-bond donors (Lipinski definition) is 2. The summed E-state index contributed by atoms with van der Waals surface area (Å²) in [4.78, 5) is 0. The predicted octanol–water partition coefficient (Wildman–Crippen LogP) is 3.14. The average Bonchev–Trinajstić information content (AvgIpc) is 2.62. The molecule has 0 aromatic carbocycles. The first kappa shape index (κ1) is 15.3. The van der Waals surface area contributed by atoms with E-state index in [0.717, 1.165) is 18.9 Å². The summed E-state index contributed by atoms with van der Waals surface area (Å²) in [5.41, 5.74) is 5.35. The molecule has 0 heterocycles. The number of ether oxygens (including phenoxy) is 1. The monoisotopic (exact) mass is 256 g/mol. The highest BCUT2D eigenvalue weighted by atomic mass is 16.5. The van der Waals surface area contributed by atoms with E-state index >= 15 is 0 Å². The van der Waals surface area contributed by atoms with Crippen LogP contribution in [-0.2, 0) is 4.74 Å². The Morgan fingerprint density at radius 3 is 2.44 bits per heavy atom. The molecule has 3 N–H and O–H groups in total. The van der Waals surface area contributed by atoms with Crippen LogP contribution in [0, 0.1) is 11.3 Å². The Labute approximate surface area is 111 Å². The molecule has 1 saturated carbocycles. The first-order chi connectivity index (χ1) is 8.56. The smallest absolute Gasteiger partial charge is 0.144 e. The molecule has 0 aromatic heterocycles. The first-order valence-corrected chi connectivity index (χ1v) is 7.12. The van der Waals surface area contributed by atoms with Crippen LogP contribution < -0.4 is 5.73 Å². The highest BCUT2D eigenvalue weighted by Gasteiger charge is 2.23. The molecule has 1 rings (SSSR count). The molecule has 4 nitrogen and oxygen atoms in total. The van der Waals surface area contributed by atoms with Crippen molar-refractivity contribution < 1.29 is 9.94 Å². The quantitative estimate of drug-likeness (QED) is 0.191. The Hall–Kier alpha value is -0.770. The van der Waals surface area contributed by atoms with Crippen molar-refractivity contribution in [1.29, 1.82) is 0 Å². The summed E-state index contributed by atoms with van der Waals surface area (Å²) in [6.07, 6.45) is 8.87. The molecule has 1 fully saturated rings. The van der Waals surface area contributed by atoms with Crippen LogP contribution in [-0.4, -0.2) is 24.3 Å². The third-order valence-electron chi connectivity index (χ3n) is 4.00. The van der Waals surface area contributed by atoms with Gasteiger partial charge in [0.15, 0.2) is 0 Å². The van der Waals surface area contributed by atoms with E-state index in [1.54, 1.807) is 0 Å². The summed E-state index contributed by atoms with van der Waals surface area (Å²) >= 11 is 0. The number of nitrogens with zero attached hydrogens (tertiary/aromatic N) is 1. The molecule has 0 aromatic rings. The highest BCUT2D eigenvalue weighted by molar-refractivity contribution is 5.85. The fourth-order valence-corrected chi connectivity index (χ4v) is 2.37. The third kappa shape index (κ3) is 5.25. The second-order valence-corrected chi connectivity index (χ2v) is 6.05. The van der Waals surface area contributed by atoms with Crippen molar-refractivity contribution in [2.45, 2.75) is 58.8 Å². The lowest BCUT2D eigenvalue weighted by atomic mass is 9.88. The van der Waals surface area contributed by atoms with Gasteiger partial charge in [0, 0.05) is 18.6 Å². The molecule has 4 heteroatoms. The van der Waals surface area contributed by atoms with E-state index in [1.807, 2.05) is 13.8 Å². The van der Waals surface area contributed by atoms with Gasteiger partial charge in [0.05, 0.1) is 0 Å². The molecule has 0 bridgehead atoms. The van der Waals surface area contributed by atoms with E-state index in [9.17, 15) is 0 Å². The largest absolute Gasteiger partial charge is 0.409 e. The second-order valence-electron chi connectivity index (χ2n) is 6.05. The first-order valence-electron chi connectivity index (χ1n) is 7.12. The second kappa shape index (κ2) is 7.62. The van der Waals surface area contributed by atoms with Crippen LogP contribution in [0.25, 0.3) is 0 Å². The van der Waals surface area contributed by atoms with E-state index in [2.05, 4.69) is 5.16 Å². The maximum atomic E-state index is 8.68. The standard InChI is InChI=1S/C14H28N2O2/c1-14(2,13(15)16-17)9-10-18-11-12-7-5-3-4-6-8-12/h12,17H,3-11H2,1-2H3,(H2,15,16).